The van der Waals surface area contributed by atoms with Crippen LogP contribution in [0.4, 0.5) is 4.39 Å². The van der Waals surface area contributed by atoms with Crippen LogP contribution in [0.5, 0.6) is 0 Å². The highest BCUT2D eigenvalue weighted by Crippen LogP contribution is 2.28. The Morgan fingerprint density at radius 3 is 3.00 bits per heavy atom. The van der Waals surface area contributed by atoms with Crippen molar-refractivity contribution in [3.8, 4) is 10.4 Å². The van der Waals surface area contributed by atoms with Gasteiger partial charge in [-0.2, -0.15) is 0 Å². The minimum Gasteiger partial charge on any atom is -0.349 e. The van der Waals surface area contributed by atoms with Crippen LogP contribution in [0.1, 0.15) is 11.4 Å². The number of imidazole rings is 1. The van der Waals surface area contributed by atoms with Gasteiger partial charge in [0, 0.05) is 42.3 Å². The van der Waals surface area contributed by atoms with Crippen molar-refractivity contribution in [2.45, 2.75) is 13.0 Å². The molecule has 0 amide bonds. The normalized spacial score (nSPS) is 10.9. The van der Waals surface area contributed by atoms with Crippen molar-refractivity contribution in [1.82, 2.24) is 15.3 Å². The number of H-pyrrole nitrogens is 1. The number of thiophene rings is 1. The third kappa shape index (κ3) is 3.56. The van der Waals surface area contributed by atoms with E-state index in [4.69, 9.17) is 0 Å². The lowest BCUT2D eigenvalue weighted by Gasteiger charge is -2.07. The first-order valence-electron chi connectivity index (χ1n) is 6.84. The second kappa shape index (κ2) is 6.65. The molecule has 0 atom stereocenters. The van der Waals surface area contributed by atoms with Crippen molar-refractivity contribution < 1.29 is 4.39 Å². The molecular weight excluding hydrogens is 285 g/mol. The molecule has 3 nitrogen and oxygen atoms in total. The number of benzene rings is 1. The highest BCUT2D eigenvalue weighted by molar-refractivity contribution is 7.13. The lowest BCUT2D eigenvalue weighted by molar-refractivity contribution is 0.628. The molecule has 0 aliphatic carbocycles. The Labute approximate surface area is 126 Å². The maximum atomic E-state index is 13.9. The third-order valence-corrected chi connectivity index (χ3v) is 4.14. The molecule has 3 rings (SSSR count). The Balaban J connectivity index is 1.60. The zero-order valence-corrected chi connectivity index (χ0v) is 12.3. The van der Waals surface area contributed by atoms with Gasteiger partial charge in [0.1, 0.15) is 11.6 Å². The number of nitrogens with one attached hydrogen (secondary N) is 2. The second-order valence-electron chi connectivity index (χ2n) is 4.75. The van der Waals surface area contributed by atoms with Crippen LogP contribution in [0.2, 0.25) is 0 Å². The number of nitrogens with zero attached hydrogens (tertiary/aromatic N) is 1. The molecule has 0 saturated carbocycles. The maximum absolute atomic E-state index is 13.9. The van der Waals surface area contributed by atoms with E-state index in [2.05, 4.69) is 15.3 Å². The summed E-state index contributed by atoms with van der Waals surface area (Å²) in [6, 6.07) is 9.16. The first-order chi connectivity index (χ1) is 10.3. The van der Waals surface area contributed by atoms with Crippen molar-refractivity contribution in [2.75, 3.05) is 6.54 Å². The van der Waals surface area contributed by atoms with Crippen LogP contribution in [-0.4, -0.2) is 16.5 Å². The van der Waals surface area contributed by atoms with Gasteiger partial charge in [-0.25, -0.2) is 9.37 Å². The summed E-state index contributed by atoms with van der Waals surface area (Å²) < 4.78 is 13.9. The highest BCUT2D eigenvalue weighted by Gasteiger charge is 2.07. The van der Waals surface area contributed by atoms with Crippen LogP contribution in [-0.2, 0) is 13.0 Å². The lowest BCUT2D eigenvalue weighted by Crippen LogP contribution is -2.17. The first-order valence-corrected chi connectivity index (χ1v) is 7.72. The minimum absolute atomic E-state index is 0.170. The average molecular weight is 301 g/mol. The van der Waals surface area contributed by atoms with Crippen LogP contribution in [0.3, 0.4) is 0 Å². The molecule has 0 aliphatic heterocycles. The van der Waals surface area contributed by atoms with Gasteiger partial charge in [0.25, 0.3) is 0 Å². The molecule has 0 radical (unpaired) electrons. The molecule has 0 bridgehead atoms. The zero-order valence-electron chi connectivity index (χ0n) is 11.5. The quantitative estimate of drug-likeness (QED) is 0.683. The number of halogens is 1. The van der Waals surface area contributed by atoms with Gasteiger partial charge in [0.05, 0.1) is 0 Å². The van der Waals surface area contributed by atoms with E-state index in [-0.39, 0.29) is 5.82 Å². The smallest absolute Gasteiger partial charge is 0.131 e. The van der Waals surface area contributed by atoms with Crippen LogP contribution in [0.15, 0.2) is 48.1 Å². The summed E-state index contributed by atoms with van der Waals surface area (Å²) in [5.74, 6) is 0.803. The molecule has 5 heteroatoms. The van der Waals surface area contributed by atoms with Crippen molar-refractivity contribution in [3.05, 3.63) is 65.3 Å². The molecule has 0 unspecified atom stereocenters. The molecule has 2 N–H and O–H groups in total. The first kappa shape index (κ1) is 14.0. The SMILES string of the molecule is Fc1ccc(CNCCc2ncc[nH]2)cc1-c1cccs1. The number of rotatable bonds is 6. The molecule has 0 spiro atoms. The third-order valence-electron chi connectivity index (χ3n) is 3.24. The van der Waals surface area contributed by atoms with E-state index in [0.717, 1.165) is 35.8 Å². The van der Waals surface area contributed by atoms with E-state index in [0.29, 0.717) is 5.56 Å². The fourth-order valence-electron chi connectivity index (χ4n) is 2.18. The molecule has 21 heavy (non-hydrogen) atoms. The Hall–Kier alpha value is -1.98. The van der Waals surface area contributed by atoms with Gasteiger partial charge in [0.2, 0.25) is 0 Å². The van der Waals surface area contributed by atoms with Crippen molar-refractivity contribution in [1.29, 1.82) is 0 Å². The zero-order chi connectivity index (χ0) is 14.5. The van der Waals surface area contributed by atoms with E-state index in [1.54, 1.807) is 23.6 Å². The molecule has 1 aromatic carbocycles. The topological polar surface area (TPSA) is 40.7 Å². The standard InChI is InChI=1S/C16H16FN3S/c17-14-4-3-12(10-13(14)15-2-1-9-21-15)11-18-6-5-16-19-7-8-20-16/h1-4,7-10,18H,5-6,11H2,(H,19,20). The molecule has 108 valence electrons. The summed E-state index contributed by atoms with van der Waals surface area (Å²) in [5, 5.41) is 5.31. The summed E-state index contributed by atoms with van der Waals surface area (Å²) in [4.78, 5) is 8.21. The fraction of sp³-hybridized carbons (Fsp3) is 0.188. The summed E-state index contributed by atoms with van der Waals surface area (Å²) in [6.45, 7) is 1.55. The van der Waals surface area contributed by atoms with Crippen molar-refractivity contribution in [2.24, 2.45) is 0 Å². The lowest BCUT2D eigenvalue weighted by atomic mass is 10.1. The molecule has 0 fully saturated rings. The largest absolute Gasteiger partial charge is 0.349 e. The Kier molecular flexibility index (Phi) is 4.43. The molecular formula is C16H16FN3S. The van der Waals surface area contributed by atoms with Gasteiger partial charge in [-0.3, -0.25) is 0 Å². The van der Waals surface area contributed by atoms with Gasteiger partial charge >= 0.3 is 0 Å². The summed E-state index contributed by atoms with van der Waals surface area (Å²) in [7, 11) is 0. The van der Waals surface area contributed by atoms with Gasteiger partial charge < -0.3 is 10.3 Å². The predicted octanol–water partition coefficient (Wildman–Crippen LogP) is 3.61. The number of aromatic amines is 1. The van der Waals surface area contributed by atoms with Crippen molar-refractivity contribution >= 4 is 11.3 Å². The summed E-state index contributed by atoms with van der Waals surface area (Å²) in [5.41, 5.74) is 1.76. The molecule has 3 aromatic rings. The molecule has 0 aliphatic rings. The van der Waals surface area contributed by atoms with Gasteiger partial charge in [-0.1, -0.05) is 12.1 Å². The number of aromatic nitrogens is 2. The van der Waals surface area contributed by atoms with E-state index in [1.165, 1.54) is 0 Å². The second-order valence-corrected chi connectivity index (χ2v) is 5.70. The van der Waals surface area contributed by atoms with Crippen LogP contribution in [0, 0.1) is 5.82 Å². The maximum Gasteiger partial charge on any atom is 0.131 e. The van der Waals surface area contributed by atoms with Gasteiger partial charge in [-0.15, -0.1) is 11.3 Å². The van der Waals surface area contributed by atoms with Crippen LogP contribution < -0.4 is 5.32 Å². The Morgan fingerprint density at radius 2 is 2.24 bits per heavy atom. The predicted molar refractivity (Wildman–Crippen MR) is 83.7 cm³/mol. The monoisotopic (exact) mass is 301 g/mol. The minimum atomic E-state index is -0.170. The summed E-state index contributed by atoms with van der Waals surface area (Å²) in [6.07, 6.45) is 4.43. The van der Waals surface area contributed by atoms with E-state index in [9.17, 15) is 4.39 Å². The Bertz CT molecular complexity index is 678. The average Bonchev–Trinajstić information content (AvgIpc) is 3.18. The van der Waals surface area contributed by atoms with Crippen molar-refractivity contribution in [3.63, 3.8) is 0 Å². The Morgan fingerprint density at radius 1 is 1.29 bits per heavy atom. The molecule has 0 saturated heterocycles. The number of hydrogen-bond donors (Lipinski definition) is 2. The molecule has 2 aromatic heterocycles. The van der Waals surface area contributed by atoms with Crippen LogP contribution >= 0.6 is 11.3 Å². The van der Waals surface area contributed by atoms with Gasteiger partial charge in [0.15, 0.2) is 0 Å². The molecule has 2 heterocycles. The highest BCUT2D eigenvalue weighted by atomic mass is 32.1. The number of hydrogen-bond acceptors (Lipinski definition) is 3. The van der Waals surface area contributed by atoms with Gasteiger partial charge in [-0.05, 0) is 29.1 Å². The van der Waals surface area contributed by atoms with Crippen LogP contribution in [0.25, 0.3) is 10.4 Å². The summed E-state index contributed by atoms with van der Waals surface area (Å²) >= 11 is 1.55. The van der Waals surface area contributed by atoms with E-state index in [1.807, 2.05) is 35.8 Å². The fourth-order valence-corrected chi connectivity index (χ4v) is 2.92. The van der Waals surface area contributed by atoms with E-state index >= 15 is 0 Å². The van der Waals surface area contributed by atoms with E-state index < -0.39 is 0 Å².